The van der Waals surface area contributed by atoms with Gasteiger partial charge in [-0.05, 0) is 32.4 Å². The van der Waals surface area contributed by atoms with Crippen molar-refractivity contribution in [1.29, 1.82) is 0 Å². The quantitative estimate of drug-likeness (QED) is 0.718. The molecule has 1 aliphatic rings. The molecule has 3 aromatic heterocycles. The van der Waals surface area contributed by atoms with E-state index in [1.807, 2.05) is 19.9 Å². The van der Waals surface area contributed by atoms with Gasteiger partial charge in [0.25, 0.3) is 5.78 Å². The van der Waals surface area contributed by atoms with Crippen LogP contribution in [-0.2, 0) is 24.3 Å². The predicted molar refractivity (Wildman–Crippen MR) is 93.2 cm³/mol. The van der Waals surface area contributed by atoms with Crippen LogP contribution < -0.4 is 0 Å². The Balaban J connectivity index is 1.54. The normalized spacial score (nSPS) is 14.2. The smallest absolute Gasteiger partial charge is 0.356 e. The van der Waals surface area contributed by atoms with E-state index in [4.69, 9.17) is 5.11 Å². The minimum atomic E-state index is -1.07. The van der Waals surface area contributed by atoms with Crippen LogP contribution in [0.3, 0.4) is 0 Å². The van der Waals surface area contributed by atoms with Crippen molar-refractivity contribution in [3.63, 3.8) is 0 Å². The lowest BCUT2D eigenvalue weighted by atomic mass is 10.3. The molecule has 0 saturated heterocycles. The highest BCUT2D eigenvalue weighted by Crippen LogP contribution is 2.15. The fourth-order valence-corrected chi connectivity index (χ4v) is 3.31. The molecule has 1 aliphatic heterocycles. The maximum Gasteiger partial charge on any atom is 0.356 e. The van der Waals surface area contributed by atoms with Crippen LogP contribution in [0, 0.1) is 13.8 Å². The van der Waals surface area contributed by atoms with Crippen molar-refractivity contribution in [2.24, 2.45) is 0 Å². The Morgan fingerprint density at radius 1 is 1.15 bits per heavy atom. The van der Waals surface area contributed by atoms with Crippen molar-refractivity contribution in [2.45, 2.75) is 39.8 Å². The number of nitrogens with zero attached hydrogens (tertiary/aromatic N) is 7. The zero-order valence-electron chi connectivity index (χ0n) is 15.1. The molecule has 10 nitrogen and oxygen atoms in total. The molecule has 0 bridgehead atoms. The summed E-state index contributed by atoms with van der Waals surface area (Å²) in [6.07, 6.45) is 0.777. The van der Waals surface area contributed by atoms with Crippen LogP contribution in [0.1, 0.15) is 39.8 Å². The Bertz CT molecular complexity index is 1050. The van der Waals surface area contributed by atoms with Gasteiger partial charge in [-0.3, -0.25) is 9.48 Å². The topological polar surface area (TPSA) is 119 Å². The summed E-state index contributed by atoms with van der Waals surface area (Å²) in [4.78, 5) is 34.3. The first-order valence-electron chi connectivity index (χ1n) is 8.68. The first-order chi connectivity index (χ1) is 12.9. The predicted octanol–water partition coefficient (Wildman–Crippen LogP) is 0.611. The third-order valence-corrected chi connectivity index (χ3v) is 4.56. The first-order valence-corrected chi connectivity index (χ1v) is 8.68. The average Bonchev–Trinajstić information content (AvgIpc) is 3.13. The highest BCUT2D eigenvalue weighted by molar-refractivity contribution is 5.85. The number of fused-ring (bicyclic) bond motifs is 2. The van der Waals surface area contributed by atoms with Crippen molar-refractivity contribution in [1.82, 2.24) is 34.3 Å². The minimum absolute atomic E-state index is 0.00163. The number of carbonyl (C=O) groups excluding carboxylic acids is 1. The van der Waals surface area contributed by atoms with Gasteiger partial charge in [0.1, 0.15) is 0 Å². The molecule has 4 heterocycles. The number of hydrogen-bond acceptors (Lipinski definition) is 6. The molecule has 27 heavy (non-hydrogen) atoms. The molecule has 0 aromatic carbocycles. The van der Waals surface area contributed by atoms with Gasteiger partial charge in [-0.1, -0.05) is 0 Å². The molecule has 0 fully saturated rings. The number of aromatic nitrogens is 6. The number of carboxylic acid groups (broad SMARTS) is 1. The summed E-state index contributed by atoms with van der Waals surface area (Å²) in [6, 6.07) is 3.43. The second-order valence-electron chi connectivity index (χ2n) is 6.67. The molecule has 4 rings (SSSR count). The Kier molecular flexibility index (Phi) is 4.09. The van der Waals surface area contributed by atoms with Crippen LogP contribution in [0.15, 0.2) is 12.1 Å². The zero-order chi connectivity index (χ0) is 19.1. The summed E-state index contributed by atoms with van der Waals surface area (Å²) in [5.41, 5.74) is 2.47. The van der Waals surface area contributed by atoms with E-state index < -0.39 is 5.97 Å². The van der Waals surface area contributed by atoms with E-state index in [1.165, 1.54) is 6.07 Å². The van der Waals surface area contributed by atoms with Gasteiger partial charge in [-0.15, -0.1) is 5.10 Å². The molecule has 3 aromatic rings. The Labute approximate surface area is 154 Å². The number of hydrogen-bond donors (Lipinski definition) is 1. The van der Waals surface area contributed by atoms with Gasteiger partial charge in [0.15, 0.2) is 11.5 Å². The van der Waals surface area contributed by atoms with Crippen LogP contribution in [0.2, 0.25) is 0 Å². The fraction of sp³-hybridized carbons (Fsp3) is 0.412. The maximum absolute atomic E-state index is 12.8. The van der Waals surface area contributed by atoms with E-state index in [0.29, 0.717) is 43.4 Å². The second-order valence-corrected chi connectivity index (χ2v) is 6.67. The third kappa shape index (κ3) is 3.25. The minimum Gasteiger partial charge on any atom is -0.476 e. The lowest BCUT2D eigenvalue weighted by Crippen LogP contribution is -2.32. The average molecular weight is 369 g/mol. The third-order valence-electron chi connectivity index (χ3n) is 4.56. The molecular formula is C17H19N7O3. The van der Waals surface area contributed by atoms with Crippen LogP contribution in [0.4, 0.5) is 0 Å². The van der Waals surface area contributed by atoms with E-state index in [-0.39, 0.29) is 18.0 Å². The van der Waals surface area contributed by atoms with E-state index in [0.717, 1.165) is 11.4 Å². The van der Waals surface area contributed by atoms with Crippen LogP contribution in [0.25, 0.3) is 5.78 Å². The highest BCUT2D eigenvalue weighted by atomic mass is 16.4. The van der Waals surface area contributed by atoms with Gasteiger partial charge in [0.2, 0.25) is 5.91 Å². The summed E-state index contributed by atoms with van der Waals surface area (Å²) in [6.45, 7) is 5.29. The van der Waals surface area contributed by atoms with Gasteiger partial charge in [0.05, 0.1) is 18.7 Å². The number of carboxylic acids is 1. The molecule has 0 unspecified atom stereocenters. The van der Waals surface area contributed by atoms with Crippen molar-refractivity contribution in [3.05, 3.63) is 40.7 Å². The van der Waals surface area contributed by atoms with Gasteiger partial charge >= 0.3 is 5.97 Å². The second kappa shape index (κ2) is 6.45. The molecule has 1 amide bonds. The molecule has 0 spiro atoms. The number of aryl methyl sites for hydroxylation is 3. The summed E-state index contributed by atoms with van der Waals surface area (Å²) >= 11 is 0. The standard InChI is InChI=1S/C17H19N7O3/c1-10-6-11(2)24-17(18-10)19-14(21-24)8-15(25)22-4-3-5-23-12(9-22)7-13(20-23)16(26)27/h6-7H,3-5,8-9H2,1-2H3,(H,26,27). The van der Waals surface area contributed by atoms with Gasteiger partial charge in [-0.2, -0.15) is 10.1 Å². The van der Waals surface area contributed by atoms with Crippen LogP contribution in [-0.4, -0.2) is 57.8 Å². The van der Waals surface area contributed by atoms with Crippen molar-refractivity contribution in [2.75, 3.05) is 6.54 Å². The maximum atomic E-state index is 12.8. The molecule has 0 radical (unpaired) electrons. The summed E-state index contributed by atoms with van der Waals surface area (Å²) in [7, 11) is 0. The Morgan fingerprint density at radius 2 is 1.96 bits per heavy atom. The largest absolute Gasteiger partial charge is 0.476 e. The lowest BCUT2D eigenvalue weighted by molar-refractivity contribution is -0.131. The molecule has 0 saturated carbocycles. The lowest BCUT2D eigenvalue weighted by Gasteiger charge is -2.19. The fourth-order valence-electron chi connectivity index (χ4n) is 3.31. The van der Waals surface area contributed by atoms with E-state index in [2.05, 4.69) is 20.2 Å². The number of aromatic carboxylic acids is 1. The van der Waals surface area contributed by atoms with Crippen molar-refractivity contribution in [3.8, 4) is 0 Å². The molecule has 0 atom stereocenters. The first kappa shape index (κ1) is 17.1. The molecule has 10 heteroatoms. The zero-order valence-corrected chi connectivity index (χ0v) is 15.1. The molecule has 140 valence electrons. The Hall–Kier alpha value is -3.30. The van der Waals surface area contributed by atoms with Gasteiger partial charge in [0, 0.05) is 24.5 Å². The van der Waals surface area contributed by atoms with Crippen LogP contribution >= 0.6 is 0 Å². The molecule has 1 N–H and O–H groups in total. The van der Waals surface area contributed by atoms with Crippen molar-refractivity contribution < 1.29 is 14.7 Å². The molecular weight excluding hydrogens is 350 g/mol. The van der Waals surface area contributed by atoms with E-state index >= 15 is 0 Å². The Morgan fingerprint density at radius 3 is 2.74 bits per heavy atom. The number of rotatable bonds is 3. The van der Waals surface area contributed by atoms with Gasteiger partial charge < -0.3 is 10.0 Å². The SMILES string of the molecule is Cc1cc(C)n2nc(CC(=O)N3CCCn4nc(C(=O)O)cc4C3)nc2n1. The summed E-state index contributed by atoms with van der Waals surface area (Å²) in [5, 5.41) is 17.6. The number of amides is 1. The highest BCUT2D eigenvalue weighted by Gasteiger charge is 2.23. The molecule has 0 aliphatic carbocycles. The van der Waals surface area contributed by atoms with Gasteiger partial charge in [-0.25, -0.2) is 14.3 Å². The summed E-state index contributed by atoms with van der Waals surface area (Å²) in [5.74, 6) is -0.271. The van der Waals surface area contributed by atoms with E-state index in [1.54, 1.807) is 14.1 Å². The van der Waals surface area contributed by atoms with E-state index in [9.17, 15) is 9.59 Å². The number of carbonyl (C=O) groups is 2. The van der Waals surface area contributed by atoms with Crippen molar-refractivity contribution >= 4 is 17.7 Å². The monoisotopic (exact) mass is 369 g/mol. The van der Waals surface area contributed by atoms with Crippen LogP contribution in [0.5, 0.6) is 0 Å². The summed E-state index contributed by atoms with van der Waals surface area (Å²) < 4.78 is 3.29.